The number of rotatable bonds is 3. The maximum absolute atomic E-state index is 12.8. The molecule has 2 fully saturated rings. The zero-order valence-corrected chi connectivity index (χ0v) is 13.2. The predicted octanol–water partition coefficient (Wildman–Crippen LogP) is 1.08. The molecule has 0 aliphatic carbocycles. The summed E-state index contributed by atoms with van der Waals surface area (Å²) >= 11 is 0. The number of carbonyl (C=O) groups excluding carboxylic acids is 3. The van der Waals surface area contributed by atoms with Gasteiger partial charge in [0.05, 0.1) is 7.11 Å². The van der Waals surface area contributed by atoms with Crippen LogP contribution in [0.2, 0.25) is 0 Å². The molecule has 4 amide bonds. The fourth-order valence-electron chi connectivity index (χ4n) is 3.07. The number of hydrogen-bond acceptors (Lipinski definition) is 4. The monoisotopic (exact) mass is 317 g/mol. The molecule has 7 nitrogen and oxygen atoms in total. The number of urea groups is 1. The van der Waals surface area contributed by atoms with Crippen LogP contribution in [0.1, 0.15) is 12.8 Å². The van der Waals surface area contributed by atoms with E-state index >= 15 is 0 Å². The van der Waals surface area contributed by atoms with Crippen LogP contribution in [0.4, 0.5) is 10.5 Å². The molecule has 2 saturated heterocycles. The van der Waals surface area contributed by atoms with E-state index in [1.165, 1.54) is 4.90 Å². The van der Waals surface area contributed by atoms with Crippen molar-refractivity contribution in [3.63, 3.8) is 0 Å². The fourth-order valence-corrected chi connectivity index (χ4v) is 3.07. The molecule has 0 unspecified atom stereocenters. The third-order valence-electron chi connectivity index (χ3n) is 4.26. The zero-order chi connectivity index (χ0) is 16.6. The highest BCUT2D eigenvalue weighted by atomic mass is 16.5. The van der Waals surface area contributed by atoms with Crippen LogP contribution in [0.5, 0.6) is 5.75 Å². The Kier molecular flexibility index (Phi) is 3.94. The maximum atomic E-state index is 12.8. The number of carbonyl (C=O) groups is 3. The summed E-state index contributed by atoms with van der Waals surface area (Å²) in [5.74, 6) is 0.121. The van der Waals surface area contributed by atoms with Crippen molar-refractivity contribution in [2.75, 3.05) is 32.1 Å². The van der Waals surface area contributed by atoms with Gasteiger partial charge in [0.25, 0.3) is 5.91 Å². The van der Waals surface area contributed by atoms with Crippen LogP contribution in [-0.2, 0) is 9.59 Å². The molecule has 23 heavy (non-hydrogen) atoms. The van der Waals surface area contributed by atoms with Gasteiger partial charge in [-0.25, -0.2) is 9.69 Å². The minimum absolute atomic E-state index is 0.0295. The molecule has 0 bridgehead atoms. The zero-order valence-electron chi connectivity index (χ0n) is 13.2. The van der Waals surface area contributed by atoms with Crippen LogP contribution in [-0.4, -0.2) is 60.9 Å². The molecule has 0 saturated carbocycles. The average Bonchev–Trinajstić information content (AvgIpc) is 2.81. The van der Waals surface area contributed by atoms with Gasteiger partial charge < -0.3 is 14.5 Å². The summed E-state index contributed by atoms with van der Waals surface area (Å²) in [5, 5.41) is 0. The SMILES string of the molecule is COc1cccc(N2CCC[C@H](N3C(=O)CN(C)C3=O)C2=O)c1. The summed E-state index contributed by atoms with van der Waals surface area (Å²) < 4.78 is 5.19. The second kappa shape index (κ2) is 5.91. The molecule has 1 atom stereocenters. The summed E-state index contributed by atoms with van der Waals surface area (Å²) in [6.45, 7) is 0.594. The molecule has 0 N–H and O–H groups in total. The van der Waals surface area contributed by atoms with Crippen LogP contribution in [0.15, 0.2) is 24.3 Å². The molecule has 0 spiro atoms. The minimum atomic E-state index is -0.722. The van der Waals surface area contributed by atoms with E-state index in [1.54, 1.807) is 31.2 Å². The van der Waals surface area contributed by atoms with Crippen molar-refractivity contribution in [3.05, 3.63) is 24.3 Å². The van der Waals surface area contributed by atoms with Crippen LogP contribution >= 0.6 is 0 Å². The lowest BCUT2D eigenvalue weighted by Gasteiger charge is -2.35. The Hall–Kier alpha value is -2.57. The Labute approximate surface area is 134 Å². The standard InChI is InChI=1S/C16H19N3O4/c1-17-10-14(20)19(16(17)22)13-7-4-8-18(15(13)21)11-5-3-6-12(9-11)23-2/h3,5-6,9,13H,4,7-8,10H2,1-2H3/t13-/m0/s1. The van der Waals surface area contributed by atoms with Gasteiger partial charge in [-0.1, -0.05) is 6.07 Å². The second-order valence-electron chi connectivity index (χ2n) is 5.75. The summed E-state index contributed by atoms with van der Waals surface area (Å²) in [7, 11) is 3.13. The van der Waals surface area contributed by atoms with E-state index in [4.69, 9.17) is 4.74 Å². The number of imide groups is 1. The van der Waals surface area contributed by atoms with E-state index in [0.717, 1.165) is 11.3 Å². The molecule has 1 aromatic carbocycles. The molecule has 0 aromatic heterocycles. The van der Waals surface area contributed by atoms with Crippen molar-refractivity contribution in [3.8, 4) is 5.75 Å². The van der Waals surface area contributed by atoms with Gasteiger partial charge in [-0.3, -0.25) is 9.59 Å². The average molecular weight is 317 g/mol. The maximum Gasteiger partial charge on any atom is 0.327 e. The quantitative estimate of drug-likeness (QED) is 0.782. The molecule has 2 aliphatic heterocycles. The fraction of sp³-hybridized carbons (Fsp3) is 0.438. The number of amides is 4. The van der Waals surface area contributed by atoms with Gasteiger partial charge in [0.15, 0.2) is 0 Å². The van der Waals surface area contributed by atoms with Gasteiger partial charge in [0.2, 0.25) is 5.91 Å². The Bertz CT molecular complexity index is 660. The van der Waals surface area contributed by atoms with Gasteiger partial charge >= 0.3 is 6.03 Å². The lowest BCUT2D eigenvalue weighted by atomic mass is 10.0. The first-order valence-electron chi connectivity index (χ1n) is 7.55. The molecular weight excluding hydrogens is 298 g/mol. The molecular formula is C16H19N3O4. The summed E-state index contributed by atoms with van der Waals surface area (Å²) in [5.41, 5.74) is 0.714. The van der Waals surface area contributed by atoms with Gasteiger partial charge in [-0.15, -0.1) is 0 Å². The topological polar surface area (TPSA) is 70.2 Å². The van der Waals surface area contributed by atoms with Crippen molar-refractivity contribution < 1.29 is 19.1 Å². The van der Waals surface area contributed by atoms with Crippen LogP contribution in [0.25, 0.3) is 0 Å². The van der Waals surface area contributed by atoms with Crippen LogP contribution in [0.3, 0.4) is 0 Å². The van der Waals surface area contributed by atoms with Crippen LogP contribution < -0.4 is 9.64 Å². The largest absolute Gasteiger partial charge is 0.497 e. The van der Waals surface area contributed by atoms with E-state index in [0.29, 0.717) is 24.4 Å². The van der Waals surface area contributed by atoms with Crippen molar-refractivity contribution in [2.24, 2.45) is 0 Å². The second-order valence-corrected chi connectivity index (χ2v) is 5.75. The molecule has 122 valence electrons. The van der Waals surface area contributed by atoms with Crippen molar-refractivity contribution in [1.82, 2.24) is 9.80 Å². The number of piperidine rings is 1. The Morgan fingerprint density at radius 1 is 1.22 bits per heavy atom. The number of benzene rings is 1. The number of anilines is 1. The van der Waals surface area contributed by atoms with Gasteiger partial charge in [0.1, 0.15) is 18.3 Å². The first-order valence-corrected chi connectivity index (χ1v) is 7.55. The smallest absolute Gasteiger partial charge is 0.327 e. The first kappa shape index (κ1) is 15.3. The lowest BCUT2D eigenvalue weighted by molar-refractivity contribution is -0.134. The van der Waals surface area contributed by atoms with E-state index in [9.17, 15) is 14.4 Å². The van der Waals surface area contributed by atoms with Gasteiger partial charge in [-0.05, 0) is 25.0 Å². The normalized spacial score (nSPS) is 22.1. The van der Waals surface area contributed by atoms with Crippen molar-refractivity contribution >= 4 is 23.5 Å². The number of hydrogen-bond donors (Lipinski definition) is 0. The Morgan fingerprint density at radius 2 is 2.00 bits per heavy atom. The summed E-state index contributed by atoms with van der Waals surface area (Å²) in [6, 6.07) is 6.09. The third-order valence-corrected chi connectivity index (χ3v) is 4.26. The van der Waals surface area contributed by atoms with E-state index in [1.807, 2.05) is 12.1 Å². The molecule has 7 heteroatoms. The molecule has 2 aliphatic rings. The van der Waals surface area contributed by atoms with Crippen molar-refractivity contribution in [2.45, 2.75) is 18.9 Å². The number of methoxy groups -OCH3 is 1. The van der Waals surface area contributed by atoms with Crippen molar-refractivity contribution in [1.29, 1.82) is 0 Å². The highest BCUT2D eigenvalue weighted by Crippen LogP contribution is 2.28. The van der Waals surface area contributed by atoms with E-state index in [2.05, 4.69) is 0 Å². The highest BCUT2D eigenvalue weighted by Gasteiger charge is 2.44. The highest BCUT2D eigenvalue weighted by molar-refractivity contribution is 6.08. The van der Waals surface area contributed by atoms with E-state index in [-0.39, 0.29) is 18.4 Å². The molecule has 3 rings (SSSR count). The first-order chi connectivity index (χ1) is 11.0. The predicted molar refractivity (Wildman–Crippen MR) is 83.2 cm³/mol. The van der Waals surface area contributed by atoms with E-state index < -0.39 is 12.1 Å². The molecule has 0 radical (unpaired) electrons. The number of nitrogens with zero attached hydrogens (tertiary/aromatic N) is 3. The molecule has 2 heterocycles. The molecule has 1 aromatic rings. The number of ether oxygens (including phenoxy) is 1. The lowest BCUT2D eigenvalue weighted by Crippen LogP contribution is -2.54. The minimum Gasteiger partial charge on any atom is -0.497 e. The van der Waals surface area contributed by atoms with Gasteiger partial charge in [0, 0.05) is 25.3 Å². The Morgan fingerprint density at radius 3 is 2.65 bits per heavy atom. The van der Waals surface area contributed by atoms with Crippen LogP contribution in [0, 0.1) is 0 Å². The summed E-state index contributed by atoms with van der Waals surface area (Å²) in [6.07, 6.45) is 1.24. The Balaban J connectivity index is 1.86. The van der Waals surface area contributed by atoms with Gasteiger partial charge in [-0.2, -0.15) is 0 Å². The summed E-state index contributed by atoms with van der Waals surface area (Å²) in [4.78, 5) is 41.1. The number of likely N-dealkylation sites (N-methyl/N-ethyl adjacent to an activating group) is 1. The third kappa shape index (κ3) is 2.62.